The highest BCUT2D eigenvalue weighted by Gasteiger charge is 2.31. The van der Waals surface area contributed by atoms with Crippen LogP contribution in [0.15, 0.2) is 47.1 Å². The second kappa shape index (κ2) is 4.80. The molecule has 0 aromatic carbocycles. The summed E-state index contributed by atoms with van der Waals surface area (Å²) in [5.41, 5.74) is 0.821. The molecule has 0 aliphatic rings. The first-order valence-corrected chi connectivity index (χ1v) is 6.22. The largest absolute Gasteiger partial charge is 0.461 e. The van der Waals surface area contributed by atoms with Crippen LogP contribution < -0.4 is 0 Å². The maximum Gasteiger partial charge on any atom is 0.417 e. The molecule has 0 fully saturated rings. The minimum Gasteiger partial charge on any atom is -0.461 e. The zero-order valence-corrected chi connectivity index (χ0v) is 11.0. The number of hydrogen-bond donors (Lipinski definition) is 1. The summed E-state index contributed by atoms with van der Waals surface area (Å²) in [6.45, 7) is 1.84. The standard InChI is InChI=1S/C15H11F3N2O/c1-9-2-5-14(21-9)10-3-4-12(19-7-10)13-6-11(8-20-13)15(16,17)18/h2-8,20H,1H3. The summed E-state index contributed by atoms with van der Waals surface area (Å²) in [6, 6.07) is 8.11. The van der Waals surface area contributed by atoms with Crippen molar-refractivity contribution < 1.29 is 17.6 Å². The van der Waals surface area contributed by atoms with Crippen molar-refractivity contribution in [2.24, 2.45) is 0 Å². The Morgan fingerprint density at radius 1 is 1.14 bits per heavy atom. The third-order valence-corrected chi connectivity index (χ3v) is 3.07. The van der Waals surface area contributed by atoms with Gasteiger partial charge in [0, 0.05) is 18.0 Å². The van der Waals surface area contributed by atoms with E-state index in [0.29, 0.717) is 17.1 Å². The smallest absolute Gasteiger partial charge is 0.417 e. The Hall–Kier alpha value is -2.50. The first kappa shape index (κ1) is 13.5. The van der Waals surface area contributed by atoms with E-state index in [-0.39, 0.29) is 0 Å². The molecule has 0 radical (unpaired) electrons. The predicted molar refractivity (Wildman–Crippen MR) is 71.5 cm³/mol. The van der Waals surface area contributed by atoms with E-state index >= 15 is 0 Å². The molecule has 0 aliphatic carbocycles. The number of alkyl halides is 3. The monoisotopic (exact) mass is 292 g/mol. The molecule has 0 saturated carbocycles. The number of halogens is 3. The van der Waals surface area contributed by atoms with Gasteiger partial charge < -0.3 is 9.40 Å². The molecule has 0 unspecified atom stereocenters. The number of hydrogen-bond acceptors (Lipinski definition) is 2. The summed E-state index contributed by atoms with van der Waals surface area (Å²) in [5, 5.41) is 0. The zero-order valence-electron chi connectivity index (χ0n) is 11.0. The minimum absolute atomic E-state index is 0.324. The molecule has 108 valence electrons. The summed E-state index contributed by atoms with van der Waals surface area (Å²) >= 11 is 0. The fourth-order valence-electron chi connectivity index (χ4n) is 1.99. The van der Waals surface area contributed by atoms with Gasteiger partial charge in [0.05, 0.1) is 17.0 Å². The molecule has 1 N–H and O–H groups in total. The number of aromatic amines is 1. The molecule has 0 atom stereocenters. The summed E-state index contributed by atoms with van der Waals surface area (Å²) in [5.74, 6) is 1.46. The highest BCUT2D eigenvalue weighted by Crippen LogP contribution is 2.32. The van der Waals surface area contributed by atoms with Crippen LogP contribution in [0.3, 0.4) is 0 Å². The lowest BCUT2D eigenvalue weighted by Crippen LogP contribution is -2.02. The summed E-state index contributed by atoms with van der Waals surface area (Å²) in [4.78, 5) is 6.76. The van der Waals surface area contributed by atoms with Crippen LogP contribution in [0.1, 0.15) is 11.3 Å². The van der Waals surface area contributed by atoms with Crippen molar-refractivity contribution in [3.8, 4) is 22.7 Å². The number of furan rings is 1. The van der Waals surface area contributed by atoms with E-state index in [9.17, 15) is 13.2 Å². The van der Waals surface area contributed by atoms with Gasteiger partial charge in [-0.2, -0.15) is 13.2 Å². The Morgan fingerprint density at radius 2 is 1.95 bits per heavy atom. The first-order valence-electron chi connectivity index (χ1n) is 6.22. The fourth-order valence-corrected chi connectivity index (χ4v) is 1.99. The van der Waals surface area contributed by atoms with E-state index < -0.39 is 11.7 Å². The van der Waals surface area contributed by atoms with Crippen molar-refractivity contribution in [2.45, 2.75) is 13.1 Å². The highest BCUT2D eigenvalue weighted by molar-refractivity contribution is 5.62. The summed E-state index contributed by atoms with van der Waals surface area (Å²) in [6.07, 6.45) is -1.86. The normalized spacial score (nSPS) is 11.8. The number of nitrogens with zero attached hydrogens (tertiary/aromatic N) is 1. The van der Waals surface area contributed by atoms with Gasteiger partial charge in [-0.25, -0.2) is 0 Å². The second-order valence-electron chi connectivity index (χ2n) is 4.64. The van der Waals surface area contributed by atoms with Crippen molar-refractivity contribution >= 4 is 0 Å². The van der Waals surface area contributed by atoms with Crippen LogP contribution in [0.5, 0.6) is 0 Å². The van der Waals surface area contributed by atoms with Gasteiger partial charge in [-0.15, -0.1) is 0 Å². The minimum atomic E-state index is -4.36. The Kier molecular flexibility index (Phi) is 3.08. The molecule has 3 nitrogen and oxygen atoms in total. The van der Waals surface area contributed by atoms with Crippen LogP contribution in [-0.4, -0.2) is 9.97 Å². The van der Waals surface area contributed by atoms with Crippen molar-refractivity contribution in [1.82, 2.24) is 9.97 Å². The third-order valence-electron chi connectivity index (χ3n) is 3.07. The maximum absolute atomic E-state index is 12.6. The molecule has 3 heterocycles. The van der Waals surface area contributed by atoms with E-state index in [4.69, 9.17) is 4.42 Å². The average Bonchev–Trinajstić information content (AvgIpc) is 3.07. The number of aromatic nitrogens is 2. The third kappa shape index (κ3) is 2.69. The van der Waals surface area contributed by atoms with Crippen molar-refractivity contribution in [3.63, 3.8) is 0 Å². The predicted octanol–water partition coefficient (Wildman–Crippen LogP) is 4.66. The lowest BCUT2D eigenvalue weighted by molar-refractivity contribution is -0.137. The molecular weight excluding hydrogens is 281 g/mol. The van der Waals surface area contributed by atoms with Gasteiger partial charge in [-0.1, -0.05) is 0 Å². The Balaban J connectivity index is 1.89. The summed E-state index contributed by atoms with van der Waals surface area (Å²) < 4.78 is 43.1. The van der Waals surface area contributed by atoms with Gasteiger partial charge in [-0.05, 0) is 37.3 Å². The van der Waals surface area contributed by atoms with E-state index in [1.165, 1.54) is 0 Å². The van der Waals surface area contributed by atoms with Crippen LogP contribution in [0.25, 0.3) is 22.7 Å². The number of pyridine rings is 1. The molecule has 0 spiro atoms. The van der Waals surface area contributed by atoms with E-state index in [1.807, 2.05) is 19.1 Å². The number of aryl methyl sites for hydroxylation is 1. The SMILES string of the molecule is Cc1ccc(-c2ccc(-c3cc(C(F)(F)F)c[nH]3)nc2)o1. The quantitative estimate of drug-likeness (QED) is 0.746. The second-order valence-corrected chi connectivity index (χ2v) is 4.64. The molecule has 0 aliphatic heterocycles. The van der Waals surface area contributed by atoms with Crippen LogP contribution in [0.4, 0.5) is 13.2 Å². The Bertz CT molecular complexity index is 754. The molecule has 3 aromatic heterocycles. The van der Waals surface area contributed by atoms with Crippen molar-refractivity contribution in [3.05, 3.63) is 54.0 Å². The number of nitrogens with one attached hydrogen (secondary N) is 1. The molecule has 0 amide bonds. The first-order chi connectivity index (χ1) is 9.93. The van der Waals surface area contributed by atoms with Gasteiger partial charge in [0.15, 0.2) is 0 Å². The molecule has 0 saturated heterocycles. The van der Waals surface area contributed by atoms with Crippen molar-refractivity contribution in [1.29, 1.82) is 0 Å². The van der Waals surface area contributed by atoms with Crippen LogP contribution >= 0.6 is 0 Å². The number of H-pyrrole nitrogens is 1. The molecule has 3 aromatic rings. The molecular formula is C15H11F3N2O. The Morgan fingerprint density at radius 3 is 2.48 bits per heavy atom. The zero-order chi connectivity index (χ0) is 15.0. The molecule has 21 heavy (non-hydrogen) atoms. The topological polar surface area (TPSA) is 41.8 Å². The fraction of sp³-hybridized carbons (Fsp3) is 0.133. The molecule has 3 rings (SSSR count). The van der Waals surface area contributed by atoms with Crippen LogP contribution in [-0.2, 0) is 6.18 Å². The lowest BCUT2D eigenvalue weighted by Gasteiger charge is -2.01. The van der Waals surface area contributed by atoms with Gasteiger partial charge in [0.1, 0.15) is 11.5 Å². The van der Waals surface area contributed by atoms with E-state index in [2.05, 4.69) is 9.97 Å². The number of rotatable bonds is 2. The van der Waals surface area contributed by atoms with Gasteiger partial charge in [0.25, 0.3) is 0 Å². The van der Waals surface area contributed by atoms with Crippen molar-refractivity contribution in [2.75, 3.05) is 0 Å². The van der Waals surface area contributed by atoms with Gasteiger partial charge in [-0.3, -0.25) is 4.98 Å². The molecule has 0 bridgehead atoms. The van der Waals surface area contributed by atoms with Gasteiger partial charge in [0.2, 0.25) is 0 Å². The lowest BCUT2D eigenvalue weighted by atomic mass is 10.2. The molecule has 6 heteroatoms. The van der Waals surface area contributed by atoms with E-state index in [0.717, 1.165) is 23.6 Å². The Labute approximate surface area is 118 Å². The summed E-state index contributed by atoms with van der Waals surface area (Å²) in [7, 11) is 0. The van der Waals surface area contributed by atoms with Crippen LogP contribution in [0, 0.1) is 6.92 Å². The maximum atomic E-state index is 12.6. The van der Waals surface area contributed by atoms with Crippen LogP contribution in [0.2, 0.25) is 0 Å². The van der Waals surface area contributed by atoms with E-state index in [1.54, 1.807) is 18.3 Å². The highest BCUT2D eigenvalue weighted by atomic mass is 19.4. The van der Waals surface area contributed by atoms with Gasteiger partial charge >= 0.3 is 6.18 Å². The average molecular weight is 292 g/mol.